The highest BCUT2D eigenvalue weighted by atomic mass is 16.5. The van der Waals surface area contributed by atoms with Gasteiger partial charge in [0.15, 0.2) is 22.7 Å². The largest absolute Gasteiger partial charge is 0.507 e. The molecular weight excluding hydrogens is 276 g/mol. The van der Waals surface area contributed by atoms with E-state index in [1.54, 1.807) is 6.07 Å². The molecule has 6 nitrogen and oxygen atoms in total. The third kappa shape index (κ3) is 1.76. The molecule has 2 N–H and O–H groups in total. The number of rotatable bonds is 2. The van der Waals surface area contributed by atoms with E-state index in [0.29, 0.717) is 5.75 Å². The molecule has 3 aromatic rings. The molecule has 0 bridgehead atoms. The highest BCUT2D eigenvalue weighted by molar-refractivity contribution is 5.98. The van der Waals surface area contributed by atoms with Gasteiger partial charge in [0.2, 0.25) is 11.2 Å². The normalized spacial score (nSPS) is 11.0. The first-order valence-electron chi connectivity index (χ1n) is 6.11. The van der Waals surface area contributed by atoms with E-state index in [1.165, 1.54) is 32.4 Å². The summed E-state index contributed by atoms with van der Waals surface area (Å²) in [4.78, 5) is 12.5. The second kappa shape index (κ2) is 4.59. The van der Waals surface area contributed by atoms with Crippen molar-refractivity contribution in [1.82, 2.24) is 0 Å². The molecule has 0 unspecified atom stereocenters. The second-order valence-electron chi connectivity index (χ2n) is 4.42. The zero-order valence-electron chi connectivity index (χ0n) is 11.3. The summed E-state index contributed by atoms with van der Waals surface area (Å²) in [6.07, 6.45) is 0. The number of phenols is 2. The van der Waals surface area contributed by atoms with Crippen molar-refractivity contribution in [3.63, 3.8) is 0 Å². The Balaban J connectivity index is 2.60. The first-order valence-corrected chi connectivity index (χ1v) is 6.11. The van der Waals surface area contributed by atoms with Crippen LogP contribution >= 0.6 is 0 Å². The second-order valence-corrected chi connectivity index (χ2v) is 4.42. The predicted molar refractivity (Wildman–Crippen MR) is 76.4 cm³/mol. The lowest BCUT2D eigenvalue weighted by atomic mass is 10.1. The molecule has 1 heterocycles. The monoisotopic (exact) mass is 288 g/mol. The molecule has 0 atom stereocenters. The van der Waals surface area contributed by atoms with Crippen molar-refractivity contribution in [2.24, 2.45) is 0 Å². The van der Waals surface area contributed by atoms with Gasteiger partial charge < -0.3 is 24.1 Å². The highest BCUT2D eigenvalue weighted by Gasteiger charge is 2.19. The van der Waals surface area contributed by atoms with Crippen molar-refractivity contribution in [1.29, 1.82) is 0 Å². The fourth-order valence-corrected chi connectivity index (χ4v) is 2.30. The van der Waals surface area contributed by atoms with E-state index in [4.69, 9.17) is 13.9 Å². The van der Waals surface area contributed by atoms with Crippen LogP contribution in [0.4, 0.5) is 0 Å². The maximum Gasteiger partial charge on any atom is 0.204 e. The molecule has 0 aliphatic heterocycles. The van der Waals surface area contributed by atoms with Gasteiger partial charge in [-0.25, -0.2) is 0 Å². The number of benzene rings is 2. The first kappa shape index (κ1) is 13.1. The molecule has 0 saturated heterocycles. The molecule has 1 aromatic heterocycles. The van der Waals surface area contributed by atoms with Crippen LogP contribution in [-0.2, 0) is 0 Å². The standard InChI is InChI=1S/C15H12O6/c1-19-10-6-3-7-12(18)11-8(16)4-5-9(17)14(11)21-13(7)15(10)20-2/h3-6,16-17H,1-2H3. The van der Waals surface area contributed by atoms with Crippen LogP contribution in [0.2, 0.25) is 0 Å². The zero-order chi connectivity index (χ0) is 15.1. The van der Waals surface area contributed by atoms with Gasteiger partial charge in [-0.3, -0.25) is 4.79 Å². The number of ether oxygens (including phenoxy) is 2. The first-order chi connectivity index (χ1) is 10.1. The lowest BCUT2D eigenvalue weighted by Crippen LogP contribution is -2.04. The van der Waals surface area contributed by atoms with Crippen LogP contribution in [0.5, 0.6) is 23.0 Å². The third-order valence-corrected chi connectivity index (χ3v) is 3.29. The fourth-order valence-electron chi connectivity index (χ4n) is 2.30. The van der Waals surface area contributed by atoms with E-state index < -0.39 is 5.43 Å². The van der Waals surface area contributed by atoms with Crippen molar-refractivity contribution in [3.8, 4) is 23.0 Å². The quantitative estimate of drug-likeness (QED) is 0.556. The summed E-state index contributed by atoms with van der Waals surface area (Å²) in [6.45, 7) is 0. The van der Waals surface area contributed by atoms with Crippen molar-refractivity contribution >= 4 is 21.9 Å². The molecule has 0 fully saturated rings. The molecular formula is C15H12O6. The Hall–Kier alpha value is -2.89. The molecule has 0 radical (unpaired) electrons. The highest BCUT2D eigenvalue weighted by Crippen LogP contribution is 2.38. The van der Waals surface area contributed by atoms with Crippen molar-refractivity contribution in [3.05, 3.63) is 34.5 Å². The van der Waals surface area contributed by atoms with Gasteiger partial charge in [-0.15, -0.1) is 0 Å². The minimum Gasteiger partial charge on any atom is -0.507 e. The maximum absolute atomic E-state index is 12.5. The van der Waals surface area contributed by atoms with Crippen LogP contribution in [0.3, 0.4) is 0 Å². The summed E-state index contributed by atoms with van der Waals surface area (Å²) in [6, 6.07) is 5.58. The van der Waals surface area contributed by atoms with Crippen LogP contribution < -0.4 is 14.9 Å². The third-order valence-electron chi connectivity index (χ3n) is 3.29. The van der Waals surface area contributed by atoms with E-state index in [9.17, 15) is 15.0 Å². The SMILES string of the molecule is COc1ccc2c(=O)c3c(O)ccc(O)c3oc2c1OC. The molecule has 108 valence electrons. The summed E-state index contributed by atoms with van der Waals surface area (Å²) in [7, 11) is 2.88. The van der Waals surface area contributed by atoms with Gasteiger partial charge in [0, 0.05) is 0 Å². The number of aromatic hydroxyl groups is 2. The van der Waals surface area contributed by atoms with Gasteiger partial charge in [0.1, 0.15) is 11.1 Å². The number of hydrogen-bond donors (Lipinski definition) is 2. The van der Waals surface area contributed by atoms with E-state index in [0.717, 1.165) is 0 Å². The number of fused-ring (bicyclic) bond motifs is 2. The summed E-state index contributed by atoms with van der Waals surface area (Å²) in [5.74, 6) is 0.142. The Labute approximate surface area is 118 Å². The van der Waals surface area contributed by atoms with Gasteiger partial charge in [-0.1, -0.05) is 0 Å². The Bertz CT molecular complexity index is 910. The molecule has 6 heteroatoms. The van der Waals surface area contributed by atoms with Crippen LogP contribution in [-0.4, -0.2) is 24.4 Å². The van der Waals surface area contributed by atoms with Crippen LogP contribution in [0, 0.1) is 0 Å². The molecule has 3 rings (SSSR count). The van der Waals surface area contributed by atoms with Gasteiger partial charge in [0.25, 0.3) is 0 Å². The average Bonchev–Trinajstić information content (AvgIpc) is 2.49. The molecule has 0 amide bonds. The van der Waals surface area contributed by atoms with Crippen molar-refractivity contribution in [2.75, 3.05) is 14.2 Å². The Morgan fingerprint density at radius 2 is 1.67 bits per heavy atom. The van der Waals surface area contributed by atoms with Crippen LogP contribution in [0.25, 0.3) is 21.9 Å². The minimum atomic E-state index is -0.458. The topological polar surface area (TPSA) is 89.1 Å². The smallest absolute Gasteiger partial charge is 0.204 e. The van der Waals surface area contributed by atoms with Crippen molar-refractivity contribution < 1.29 is 24.1 Å². The fraction of sp³-hybridized carbons (Fsp3) is 0.133. The zero-order valence-corrected chi connectivity index (χ0v) is 11.3. The number of methoxy groups -OCH3 is 2. The molecule has 0 aliphatic rings. The minimum absolute atomic E-state index is 0.0743. The van der Waals surface area contributed by atoms with Crippen LogP contribution in [0.1, 0.15) is 0 Å². The van der Waals surface area contributed by atoms with Crippen LogP contribution in [0.15, 0.2) is 33.5 Å². The molecule has 0 aliphatic carbocycles. The van der Waals surface area contributed by atoms with E-state index >= 15 is 0 Å². The lowest BCUT2D eigenvalue weighted by molar-refractivity contribution is 0.353. The lowest BCUT2D eigenvalue weighted by Gasteiger charge is -2.11. The Kier molecular flexibility index (Phi) is 2.86. The van der Waals surface area contributed by atoms with E-state index in [2.05, 4.69) is 0 Å². The van der Waals surface area contributed by atoms with Gasteiger partial charge in [0.05, 0.1) is 19.6 Å². The van der Waals surface area contributed by atoms with Gasteiger partial charge >= 0.3 is 0 Å². The van der Waals surface area contributed by atoms with E-state index in [-0.39, 0.29) is 39.2 Å². The molecule has 21 heavy (non-hydrogen) atoms. The molecule has 2 aromatic carbocycles. The Morgan fingerprint density at radius 3 is 2.33 bits per heavy atom. The molecule has 0 spiro atoms. The summed E-state index contributed by atoms with van der Waals surface area (Å²) < 4.78 is 16.0. The van der Waals surface area contributed by atoms with Gasteiger partial charge in [-0.05, 0) is 24.3 Å². The summed E-state index contributed by atoms with van der Waals surface area (Å²) >= 11 is 0. The van der Waals surface area contributed by atoms with Crippen molar-refractivity contribution in [2.45, 2.75) is 0 Å². The maximum atomic E-state index is 12.5. The van der Waals surface area contributed by atoms with E-state index in [1.807, 2.05) is 0 Å². The predicted octanol–water partition coefficient (Wildman–Crippen LogP) is 2.37. The summed E-state index contributed by atoms with van der Waals surface area (Å²) in [5, 5.41) is 19.8. The molecule has 0 saturated carbocycles. The average molecular weight is 288 g/mol. The summed E-state index contributed by atoms with van der Waals surface area (Å²) in [5.41, 5.74) is -0.407. The number of hydrogen-bond acceptors (Lipinski definition) is 6. The number of phenolic OH excluding ortho intramolecular Hbond substituents is 2. The Morgan fingerprint density at radius 1 is 0.952 bits per heavy atom. The van der Waals surface area contributed by atoms with Gasteiger partial charge in [-0.2, -0.15) is 0 Å².